The van der Waals surface area contributed by atoms with E-state index in [1.807, 2.05) is 0 Å². The molecule has 2 unspecified atom stereocenters. The van der Waals surface area contributed by atoms with Gasteiger partial charge in [0.25, 0.3) is 11.6 Å². The van der Waals surface area contributed by atoms with E-state index in [0.29, 0.717) is 36.2 Å². The second kappa shape index (κ2) is 8.68. The number of hydrogen-bond donors (Lipinski definition) is 1. The third kappa shape index (κ3) is 4.45. The van der Waals surface area contributed by atoms with Crippen molar-refractivity contribution in [2.75, 3.05) is 44.2 Å². The van der Waals surface area contributed by atoms with Crippen LogP contribution in [0.2, 0.25) is 0 Å². The zero-order valence-corrected chi connectivity index (χ0v) is 16.1. The Morgan fingerprint density at radius 1 is 1.19 bits per heavy atom. The third-order valence-electron chi connectivity index (χ3n) is 5.03. The molecular formula is C18H27ClN4O3. The van der Waals surface area contributed by atoms with Crippen molar-refractivity contribution in [3.8, 4) is 0 Å². The minimum atomic E-state index is -0.367. The summed E-state index contributed by atoms with van der Waals surface area (Å²) in [6.45, 7) is 8.77. The van der Waals surface area contributed by atoms with E-state index in [4.69, 9.17) is 0 Å². The van der Waals surface area contributed by atoms with E-state index in [1.165, 1.54) is 6.07 Å². The number of nitrogens with zero attached hydrogens (tertiary/aromatic N) is 3. The summed E-state index contributed by atoms with van der Waals surface area (Å²) in [4.78, 5) is 27.7. The molecule has 1 aromatic rings. The maximum atomic E-state index is 12.6. The second-order valence-corrected chi connectivity index (χ2v) is 7.35. The van der Waals surface area contributed by atoms with Gasteiger partial charge in [-0.25, -0.2) is 0 Å². The molecule has 1 N–H and O–H groups in total. The van der Waals surface area contributed by atoms with Crippen LogP contribution >= 0.6 is 12.4 Å². The van der Waals surface area contributed by atoms with Crippen LogP contribution in [0.25, 0.3) is 0 Å². The highest BCUT2D eigenvalue weighted by Crippen LogP contribution is 2.34. The Morgan fingerprint density at radius 3 is 2.38 bits per heavy atom. The molecule has 2 heterocycles. The van der Waals surface area contributed by atoms with Gasteiger partial charge in [-0.15, -0.1) is 12.4 Å². The Morgan fingerprint density at radius 2 is 1.81 bits per heavy atom. The molecule has 0 aliphatic carbocycles. The number of hydrogen-bond acceptors (Lipinski definition) is 5. The number of anilines is 1. The average Bonchev–Trinajstić information content (AvgIpc) is 2.60. The maximum Gasteiger partial charge on any atom is 0.293 e. The van der Waals surface area contributed by atoms with Crippen molar-refractivity contribution in [2.24, 2.45) is 11.8 Å². The lowest BCUT2D eigenvalue weighted by Gasteiger charge is -2.36. The Hall–Kier alpha value is -1.86. The largest absolute Gasteiger partial charge is 0.365 e. The number of nitrogens with one attached hydrogen (secondary N) is 1. The Balaban J connectivity index is 0.00000243. The van der Waals surface area contributed by atoms with Gasteiger partial charge in [0, 0.05) is 50.9 Å². The van der Waals surface area contributed by atoms with Crippen molar-refractivity contribution < 1.29 is 9.72 Å². The fraction of sp³-hybridized carbons (Fsp3) is 0.611. The lowest BCUT2D eigenvalue weighted by atomic mass is 9.91. The number of nitro benzene ring substituents is 1. The van der Waals surface area contributed by atoms with Crippen molar-refractivity contribution in [1.29, 1.82) is 0 Å². The molecule has 2 aliphatic heterocycles. The minimum Gasteiger partial charge on any atom is -0.365 e. The third-order valence-corrected chi connectivity index (χ3v) is 5.03. The molecule has 0 radical (unpaired) electrons. The first-order valence-electron chi connectivity index (χ1n) is 8.99. The summed E-state index contributed by atoms with van der Waals surface area (Å²) in [5.74, 6) is 0.882. The molecule has 2 aliphatic rings. The summed E-state index contributed by atoms with van der Waals surface area (Å²) in [6, 6.07) is 4.93. The van der Waals surface area contributed by atoms with Gasteiger partial charge in [-0.1, -0.05) is 13.8 Å². The van der Waals surface area contributed by atoms with Crippen molar-refractivity contribution in [3.05, 3.63) is 33.9 Å². The molecule has 26 heavy (non-hydrogen) atoms. The summed E-state index contributed by atoms with van der Waals surface area (Å²) in [7, 11) is 0. The van der Waals surface area contributed by atoms with Crippen LogP contribution in [0.5, 0.6) is 0 Å². The molecule has 1 aromatic carbocycles. The quantitative estimate of drug-likeness (QED) is 0.642. The van der Waals surface area contributed by atoms with Crippen LogP contribution in [0.4, 0.5) is 11.4 Å². The summed E-state index contributed by atoms with van der Waals surface area (Å²) < 4.78 is 0. The lowest BCUT2D eigenvalue weighted by Crippen LogP contribution is -2.46. The van der Waals surface area contributed by atoms with E-state index in [2.05, 4.69) is 24.1 Å². The second-order valence-electron chi connectivity index (χ2n) is 7.35. The van der Waals surface area contributed by atoms with Crippen LogP contribution in [-0.2, 0) is 0 Å². The van der Waals surface area contributed by atoms with Crippen LogP contribution in [0.3, 0.4) is 0 Å². The Kier molecular flexibility index (Phi) is 6.83. The van der Waals surface area contributed by atoms with E-state index in [1.54, 1.807) is 17.0 Å². The number of piperidine rings is 1. The molecular weight excluding hydrogens is 356 g/mol. The molecule has 0 spiro atoms. The van der Waals surface area contributed by atoms with Gasteiger partial charge in [0.15, 0.2) is 0 Å². The fourth-order valence-electron chi connectivity index (χ4n) is 3.98. The first-order valence-corrected chi connectivity index (χ1v) is 8.99. The molecule has 2 atom stereocenters. The molecule has 8 heteroatoms. The topological polar surface area (TPSA) is 78.7 Å². The molecule has 0 bridgehead atoms. The molecule has 144 valence electrons. The zero-order valence-electron chi connectivity index (χ0n) is 15.3. The number of nitro groups is 1. The highest BCUT2D eigenvalue weighted by Gasteiger charge is 2.28. The van der Waals surface area contributed by atoms with Gasteiger partial charge >= 0.3 is 0 Å². The predicted molar refractivity (Wildman–Crippen MR) is 104 cm³/mol. The van der Waals surface area contributed by atoms with Crippen LogP contribution in [-0.4, -0.2) is 55.0 Å². The van der Waals surface area contributed by atoms with Crippen molar-refractivity contribution in [2.45, 2.75) is 20.3 Å². The summed E-state index contributed by atoms with van der Waals surface area (Å²) in [5, 5.41) is 14.8. The monoisotopic (exact) mass is 382 g/mol. The van der Waals surface area contributed by atoms with Gasteiger partial charge < -0.3 is 15.1 Å². The van der Waals surface area contributed by atoms with Crippen LogP contribution < -0.4 is 10.2 Å². The number of carbonyl (C=O) groups is 1. The SMILES string of the molecule is CC1CC(C)CN(c2ccc(C(=O)N3CCNCC3)cc2[N+](=O)[O-])C1.Cl. The number of halogens is 1. The van der Waals surface area contributed by atoms with E-state index in [-0.39, 0.29) is 28.9 Å². The van der Waals surface area contributed by atoms with E-state index in [9.17, 15) is 14.9 Å². The molecule has 7 nitrogen and oxygen atoms in total. The number of rotatable bonds is 3. The molecule has 0 aromatic heterocycles. The first-order chi connectivity index (χ1) is 12.0. The van der Waals surface area contributed by atoms with E-state index < -0.39 is 0 Å². The van der Waals surface area contributed by atoms with Crippen molar-refractivity contribution in [3.63, 3.8) is 0 Å². The van der Waals surface area contributed by atoms with E-state index in [0.717, 1.165) is 32.6 Å². The summed E-state index contributed by atoms with van der Waals surface area (Å²) >= 11 is 0. The predicted octanol–water partition coefficient (Wildman–Crippen LogP) is 2.54. The molecule has 2 saturated heterocycles. The Bertz CT molecular complexity index is 654. The molecule has 1 amide bonds. The number of amides is 1. The summed E-state index contributed by atoms with van der Waals surface area (Å²) in [6.07, 6.45) is 1.14. The van der Waals surface area contributed by atoms with Crippen LogP contribution in [0.1, 0.15) is 30.6 Å². The lowest BCUT2D eigenvalue weighted by molar-refractivity contribution is -0.384. The van der Waals surface area contributed by atoms with Crippen molar-refractivity contribution >= 4 is 29.7 Å². The number of carbonyl (C=O) groups excluding carboxylic acids is 1. The van der Waals surface area contributed by atoms with Gasteiger partial charge in [0.2, 0.25) is 0 Å². The van der Waals surface area contributed by atoms with Crippen LogP contribution in [0, 0.1) is 22.0 Å². The zero-order chi connectivity index (χ0) is 18.0. The minimum absolute atomic E-state index is 0. The number of piperazine rings is 1. The first kappa shape index (κ1) is 20.5. The van der Waals surface area contributed by atoms with E-state index >= 15 is 0 Å². The number of benzene rings is 1. The van der Waals surface area contributed by atoms with Gasteiger partial charge in [0.1, 0.15) is 5.69 Å². The fourth-order valence-corrected chi connectivity index (χ4v) is 3.98. The Labute approximate surface area is 160 Å². The summed E-state index contributed by atoms with van der Waals surface area (Å²) in [5.41, 5.74) is 1.05. The van der Waals surface area contributed by atoms with Gasteiger partial charge in [-0.2, -0.15) is 0 Å². The highest BCUT2D eigenvalue weighted by atomic mass is 35.5. The molecule has 3 rings (SSSR count). The van der Waals surface area contributed by atoms with Gasteiger partial charge in [-0.05, 0) is 30.4 Å². The normalized spacial score (nSPS) is 23.3. The van der Waals surface area contributed by atoms with Crippen molar-refractivity contribution in [1.82, 2.24) is 10.2 Å². The maximum absolute atomic E-state index is 12.6. The standard InChI is InChI=1S/C18H26N4O3.ClH/c1-13-9-14(2)12-21(11-13)16-4-3-15(10-17(16)22(24)25)18(23)20-7-5-19-6-8-20;/h3-4,10,13-14,19H,5-9,11-12H2,1-2H3;1H. The highest BCUT2D eigenvalue weighted by molar-refractivity contribution is 5.96. The van der Waals surface area contributed by atoms with Gasteiger partial charge in [-0.3, -0.25) is 14.9 Å². The van der Waals surface area contributed by atoms with Crippen LogP contribution in [0.15, 0.2) is 18.2 Å². The smallest absolute Gasteiger partial charge is 0.293 e. The average molecular weight is 383 g/mol. The molecule has 0 saturated carbocycles. The molecule has 2 fully saturated rings. The van der Waals surface area contributed by atoms with Gasteiger partial charge in [0.05, 0.1) is 4.92 Å².